The second-order valence-corrected chi connectivity index (χ2v) is 8.59. The molecule has 114 valence electrons. The summed E-state index contributed by atoms with van der Waals surface area (Å²) in [4.78, 5) is 4.08. The fourth-order valence-corrected chi connectivity index (χ4v) is 5.08. The van der Waals surface area contributed by atoms with Gasteiger partial charge in [-0.3, -0.25) is 0 Å². The highest BCUT2D eigenvalue weighted by molar-refractivity contribution is 7.92. The number of nitrogens with zero attached hydrogens (tertiary/aromatic N) is 1. The van der Waals surface area contributed by atoms with E-state index in [1.54, 1.807) is 18.2 Å². The van der Waals surface area contributed by atoms with Crippen LogP contribution in [0.25, 0.3) is 10.2 Å². The summed E-state index contributed by atoms with van der Waals surface area (Å²) >= 11 is 12.8. The third-order valence-corrected chi connectivity index (χ3v) is 6.72. The standard InChI is InChI=1S/C14H8Cl2FNO2S2/c15-8-4-5-13-12(6-8)18-14(21-13)22(19,20)7-9-10(16)2-1-3-11(9)17/h1-6H,7H2. The third-order valence-electron chi connectivity index (χ3n) is 2.99. The summed E-state index contributed by atoms with van der Waals surface area (Å²) in [6, 6.07) is 9.00. The van der Waals surface area contributed by atoms with E-state index in [0.29, 0.717) is 15.2 Å². The maximum atomic E-state index is 13.8. The molecule has 0 radical (unpaired) electrons. The molecule has 22 heavy (non-hydrogen) atoms. The van der Waals surface area contributed by atoms with Crippen molar-refractivity contribution in [3.05, 3.63) is 57.8 Å². The summed E-state index contributed by atoms with van der Waals surface area (Å²) in [5.41, 5.74) is 0.442. The van der Waals surface area contributed by atoms with E-state index in [-0.39, 0.29) is 14.9 Å². The molecule has 0 fully saturated rings. The summed E-state index contributed by atoms with van der Waals surface area (Å²) in [6.45, 7) is 0. The first-order valence-electron chi connectivity index (χ1n) is 6.08. The molecule has 8 heteroatoms. The van der Waals surface area contributed by atoms with Crippen LogP contribution in [0, 0.1) is 5.82 Å². The number of hydrogen-bond acceptors (Lipinski definition) is 4. The normalized spacial score (nSPS) is 12.0. The van der Waals surface area contributed by atoms with Gasteiger partial charge in [0.2, 0.25) is 14.2 Å². The van der Waals surface area contributed by atoms with Crippen LogP contribution in [0.5, 0.6) is 0 Å². The van der Waals surface area contributed by atoms with Crippen LogP contribution in [-0.4, -0.2) is 13.4 Å². The Morgan fingerprint density at radius 3 is 2.68 bits per heavy atom. The van der Waals surface area contributed by atoms with E-state index in [1.807, 2.05) is 0 Å². The number of sulfone groups is 1. The first-order chi connectivity index (χ1) is 10.4. The highest BCUT2D eigenvalue weighted by Crippen LogP contribution is 2.31. The van der Waals surface area contributed by atoms with Crippen molar-refractivity contribution in [1.82, 2.24) is 4.98 Å². The Labute approximate surface area is 140 Å². The van der Waals surface area contributed by atoms with E-state index in [0.717, 1.165) is 11.3 Å². The van der Waals surface area contributed by atoms with Crippen LogP contribution < -0.4 is 0 Å². The minimum absolute atomic E-state index is 0.0542. The summed E-state index contributed by atoms with van der Waals surface area (Å²) in [5, 5.41) is 0.548. The first kappa shape index (κ1) is 15.7. The number of benzene rings is 2. The predicted octanol–water partition coefficient (Wildman–Crippen LogP) is 4.72. The van der Waals surface area contributed by atoms with Crippen LogP contribution in [0.2, 0.25) is 10.0 Å². The molecule has 3 aromatic rings. The van der Waals surface area contributed by atoms with E-state index in [2.05, 4.69) is 4.98 Å². The first-order valence-corrected chi connectivity index (χ1v) is 9.31. The van der Waals surface area contributed by atoms with Crippen molar-refractivity contribution in [3.8, 4) is 0 Å². The van der Waals surface area contributed by atoms with Gasteiger partial charge in [0.25, 0.3) is 0 Å². The zero-order valence-electron chi connectivity index (χ0n) is 10.9. The van der Waals surface area contributed by atoms with E-state index in [4.69, 9.17) is 23.2 Å². The van der Waals surface area contributed by atoms with Gasteiger partial charge in [-0.15, -0.1) is 11.3 Å². The molecule has 2 aromatic carbocycles. The van der Waals surface area contributed by atoms with Gasteiger partial charge in [0.1, 0.15) is 5.82 Å². The zero-order chi connectivity index (χ0) is 15.9. The molecule has 0 unspecified atom stereocenters. The SMILES string of the molecule is O=S(=O)(Cc1c(F)cccc1Cl)c1nc2cc(Cl)ccc2s1. The highest BCUT2D eigenvalue weighted by atomic mass is 35.5. The van der Waals surface area contributed by atoms with Crippen molar-refractivity contribution in [2.24, 2.45) is 0 Å². The van der Waals surface area contributed by atoms with Gasteiger partial charge in [-0.1, -0.05) is 29.3 Å². The summed E-state index contributed by atoms with van der Waals surface area (Å²) in [7, 11) is -3.79. The minimum Gasteiger partial charge on any atom is -0.225 e. The lowest BCUT2D eigenvalue weighted by atomic mass is 10.2. The molecular weight excluding hydrogens is 368 g/mol. The molecule has 1 heterocycles. The lowest BCUT2D eigenvalue weighted by molar-refractivity contribution is 0.586. The van der Waals surface area contributed by atoms with Crippen molar-refractivity contribution in [3.63, 3.8) is 0 Å². The molecule has 0 aliphatic rings. The topological polar surface area (TPSA) is 47.0 Å². The predicted molar refractivity (Wildman–Crippen MR) is 86.9 cm³/mol. The van der Waals surface area contributed by atoms with Crippen LogP contribution >= 0.6 is 34.5 Å². The van der Waals surface area contributed by atoms with Crippen molar-refractivity contribution in [2.75, 3.05) is 0 Å². The quantitative estimate of drug-likeness (QED) is 0.665. The van der Waals surface area contributed by atoms with Gasteiger partial charge >= 0.3 is 0 Å². The molecule has 0 atom stereocenters. The Balaban J connectivity index is 2.05. The largest absolute Gasteiger partial charge is 0.225 e. The Bertz CT molecular complexity index is 950. The van der Waals surface area contributed by atoms with Gasteiger partial charge < -0.3 is 0 Å². The lowest BCUT2D eigenvalue weighted by Gasteiger charge is -2.05. The average Bonchev–Trinajstić information content (AvgIpc) is 2.87. The van der Waals surface area contributed by atoms with Crippen molar-refractivity contribution >= 4 is 54.6 Å². The average molecular weight is 376 g/mol. The lowest BCUT2D eigenvalue weighted by Crippen LogP contribution is -2.06. The number of halogens is 3. The molecule has 3 nitrogen and oxygen atoms in total. The highest BCUT2D eigenvalue weighted by Gasteiger charge is 2.23. The molecule has 0 aliphatic heterocycles. The van der Waals surface area contributed by atoms with Crippen LogP contribution in [0.4, 0.5) is 4.39 Å². The molecule has 0 N–H and O–H groups in total. The zero-order valence-corrected chi connectivity index (χ0v) is 14.0. The number of fused-ring (bicyclic) bond motifs is 1. The van der Waals surface area contributed by atoms with Crippen LogP contribution in [0.1, 0.15) is 5.56 Å². The molecule has 0 saturated carbocycles. The number of aromatic nitrogens is 1. The van der Waals surface area contributed by atoms with Crippen LogP contribution in [0.3, 0.4) is 0 Å². The molecule has 0 spiro atoms. The molecule has 0 saturated heterocycles. The summed E-state index contributed by atoms with van der Waals surface area (Å²) in [6.07, 6.45) is 0. The van der Waals surface area contributed by atoms with Crippen LogP contribution in [-0.2, 0) is 15.6 Å². The number of rotatable bonds is 3. The van der Waals surface area contributed by atoms with Gasteiger partial charge in [0, 0.05) is 15.6 Å². The minimum atomic E-state index is -3.79. The Morgan fingerprint density at radius 1 is 1.18 bits per heavy atom. The van der Waals surface area contributed by atoms with Crippen molar-refractivity contribution < 1.29 is 12.8 Å². The molecular formula is C14H8Cl2FNO2S2. The molecule has 0 amide bonds. The number of thiazole rings is 1. The third kappa shape index (κ3) is 2.96. The summed E-state index contributed by atoms with van der Waals surface area (Å²) < 4.78 is 39.3. The van der Waals surface area contributed by atoms with E-state index in [1.165, 1.54) is 18.2 Å². The van der Waals surface area contributed by atoms with Crippen LogP contribution in [0.15, 0.2) is 40.7 Å². The molecule has 0 aliphatic carbocycles. The van der Waals surface area contributed by atoms with E-state index < -0.39 is 21.4 Å². The fourth-order valence-electron chi connectivity index (χ4n) is 1.93. The smallest absolute Gasteiger partial charge is 0.210 e. The fraction of sp³-hybridized carbons (Fsp3) is 0.0714. The monoisotopic (exact) mass is 375 g/mol. The Kier molecular flexibility index (Phi) is 4.11. The van der Waals surface area contributed by atoms with E-state index >= 15 is 0 Å². The van der Waals surface area contributed by atoms with E-state index in [9.17, 15) is 12.8 Å². The summed E-state index contributed by atoms with van der Waals surface area (Å²) in [5.74, 6) is -1.19. The second-order valence-electron chi connectivity index (χ2n) is 4.55. The van der Waals surface area contributed by atoms with Gasteiger partial charge in [0.15, 0.2) is 0 Å². The second kappa shape index (κ2) is 5.77. The molecule has 3 rings (SSSR count). The molecule has 1 aromatic heterocycles. The van der Waals surface area contributed by atoms with Gasteiger partial charge in [-0.25, -0.2) is 17.8 Å². The number of hydrogen-bond donors (Lipinski definition) is 0. The van der Waals surface area contributed by atoms with Gasteiger partial charge in [0.05, 0.1) is 16.0 Å². The van der Waals surface area contributed by atoms with Gasteiger partial charge in [-0.2, -0.15) is 0 Å². The Morgan fingerprint density at radius 2 is 1.95 bits per heavy atom. The van der Waals surface area contributed by atoms with Crippen molar-refractivity contribution in [2.45, 2.75) is 10.1 Å². The Hall–Kier alpha value is -1.21. The maximum Gasteiger partial charge on any atom is 0.210 e. The molecule has 0 bridgehead atoms. The maximum absolute atomic E-state index is 13.8. The van der Waals surface area contributed by atoms with Gasteiger partial charge in [-0.05, 0) is 30.3 Å². The van der Waals surface area contributed by atoms with Crippen molar-refractivity contribution in [1.29, 1.82) is 0 Å².